The Kier molecular flexibility index (Phi) is 4.67. The van der Waals surface area contributed by atoms with Gasteiger partial charge < -0.3 is 10.5 Å². The summed E-state index contributed by atoms with van der Waals surface area (Å²) in [6.07, 6.45) is 0. The normalized spacial score (nSPS) is 10.9. The van der Waals surface area contributed by atoms with E-state index in [1.54, 1.807) is 11.8 Å². The minimum Gasteiger partial charge on any atom is -0.393 e. The molecule has 1 heterocycles. The van der Waals surface area contributed by atoms with Crippen LogP contribution < -0.4 is 11.3 Å². The van der Waals surface area contributed by atoms with E-state index in [4.69, 9.17) is 10.5 Å². The van der Waals surface area contributed by atoms with Gasteiger partial charge in [0.25, 0.3) is 5.56 Å². The summed E-state index contributed by atoms with van der Waals surface area (Å²) in [7, 11) is 1.59. The lowest BCUT2D eigenvalue weighted by atomic mass is 10.2. The van der Waals surface area contributed by atoms with E-state index < -0.39 is 0 Å². The molecule has 0 unspecified atom stereocenters. The number of ether oxygens (including phenoxy) is 1. The molecule has 20 heavy (non-hydrogen) atoms. The summed E-state index contributed by atoms with van der Waals surface area (Å²) < 4.78 is 9.64. The van der Waals surface area contributed by atoms with Crippen LogP contribution in [0.2, 0.25) is 0 Å². The van der Waals surface area contributed by atoms with Crippen LogP contribution in [0.1, 0.15) is 18.2 Å². The molecule has 0 spiro atoms. The molecule has 1 aromatic carbocycles. The fourth-order valence-electron chi connectivity index (χ4n) is 2.25. The van der Waals surface area contributed by atoms with Gasteiger partial charge in [0.1, 0.15) is 5.69 Å². The fraction of sp³-hybridized carbons (Fsp3) is 0.357. The van der Waals surface area contributed by atoms with E-state index in [0.717, 1.165) is 15.7 Å². The molecule has 108 valence electrons. The Hall–Kier alpha value is -1.53. The number of halogens is 1. The number of rotatable bonds is 5. The van der Waals surface area contributed by atoms with E-state index in [-0.39, 0.29) is 11.2 Å². The van der Waals surface area contributed by atoms with Gasteiger partial charge in [-0.05, 0) is 18.6 Å². The van der Waals surface area contributed by atoms with E-state index in [0.29, 0.717) is 19.7 Å². The zero-order chi connectivity index (χ0) is 14.7. The van der Waals surface area contributed by atoms with Crippen LogP contribution in [0.15, 0.2) is 33.5 Å². The first-order valence-electron chi connectivity index (χ1n) is 6.40. The Bertz CT molecular complexity index is 661. The lowest BCUT2D eigenvalue weighted by Crippen LogP contribution is -2.24. The van der Waals surface area contributed by atoms with Crippen molar-refractivity contribution in [3.63, 3.8) is 0 Å². The second kappa shape index (κ2) is 6.28. The predicted molar refractivity (Wildman–Crippen MR) is 82.7 cm³/mol. The smallest absolute Gasteiger partial charge is 0.290 e. The molecule has 0 amide bonds. The molecule has 0 radical (unpaired) electrons. The second-order valence-corrected chi connectivity index (χ2v) is 5.32. The van der Waals surface area contributed by atoms with E-state index in [1.165, 1.54) is 0 Å². The molecule has 0 bridgehead atoms. The van der Waals surface area contributed by atoms with E-state index in [1.807, 2.05) is 35.9 Å². The Morgan fingerprint density at radius 1 is 1.30 bits per heavy atom. The van der Waals surface area contributed by atoms with Gasteiger partial charge in [-0.25, -0.2) is 4.68 Å². The summed E-state index contributed by atoms with van der Waals surface area (Å²) in [6, 6.07) is 7.83. The number of nitrogens with zero attached hydrogens (tertiary/aromatic N) is 2. The highest BCUT2D eigenvalue weighted by Gasteiger charge is 2.17. The first kappa shape index (κ1) is 14.9. The third-order valence-corrected chi connectivity index (χ3v) is 4.01. The van der Waals surface area contributed by atoms with Crippen LogP contribution in [0.4, 0.5) is 5.69 Å². The molecule has 2 aromatic rings. The maximum atomic E-state index is 12.3. The third-order valence-electron chi connectivity index (χ3n) is 3.24. The summed E-state index contributed by atoms with van der Waals surface area (Å²) >= 11 is 3.50. The van der Waals surface area contributed by atoms with Crippen LogP contribution in [0, 0.1) is 0 Å². The molecule has 0 saturated carbocycles. The van der Waals surface area contributed by atoms with E-state index in [2.05, 4.69) is 15.9 Å². The van der Waals surface area contributed by atoms with E-state index >= 15 is 0 Å². The summed E-state index contributed by atoms with van der Waals surface area (Å²) in [5, 5.41) is 0. The van der Waals surface area contributed by atoms with Crippen LogP contribution in [-0.2, 0) is 24.4 Å². The van der Waals surface area contributed by atoms with Crippen LogP contribution in [0.25, 0.3) is 0 Å². The van der Waals surface area contributed by atoms with Crippen molar-refractivity contribution < 1.29 is 4.74 Å². The number of aromatic nitrogens is 2. The number of anilines is 1. The summed E-state index contributed by atoms with van der Waals surface area (Å²) in [6.45, 7) is 3.45. The zero-order valence-corrected chi connectivity index (χ0v) is 13.2. The highest BCUT2D eigenvalue weighted by atomic mass is 79.9. The quantitative estimate of drug-likeness (QED) is 0.908. The molecule has 6 heteroatoms. The third kappa shape index (κ3) is 2.66. The molecular formula is C14H18BrN3O2. The van der Waals surface area contributed by atoms with Crippen LogP contribution in [-0.4, -0.2) is 16.5 Å². The number of benzene rings is 1. The maximum absolute atomic E-state index is 12.3. The lowest BCUT2D eigenvalue weighted by molar-refractivity contribution is 0.175. The minimum absolute atomic E-state index is 0.172. The van der Waals surface area contributed by atoms with Crippen LogP contribution in [0.3, 0.4) is 0 Å². The molecular weight excluding hydrogens is 322 g/mol. The molecule has 0 atom stereocenters. The van der Waals surface area contributed by atoms with Gasteiger partial charge >= 0.3 is 0 Å². The minimum atomic E-state index is -0.172. The number of hydrogen-bond donors (Lipinski definition) is 1. The molecule has 0 saturated heterocycles. The highest BCUT2D eigenvalue weighted by Crippen LogP contribution is 2.18. The number of hydrogen-bond acceptors (Lipinski definition) is 3. The van der Waals surface area contributed by atoms with Crippen molar-refractivity contribution >= 4 is 21.6 Å². The largest absolute Gasteiger partial charge is 0.393 e. The molecule has 0 fully saturated rings. The monoisotopic (exact) mass is 339 g/mol. The van der Waals surface area contributed by atoms with Crippen LogP contribution in [0.5, 0.6) is 0 Å². The lowest BCUT2D eigenvalue weighted by Gasteiger charge is -2.13. The summed E-state index contributed by atoms with van der Waals surface area (Å²) in [4.78, 5) is 12.3. The van der Waals surface area contributed by atoms with E-state index in [9.17, 15) is 4.79 Å². The van der Waals surface area contributed by atoms with Gasteiger partial charge in [-0.3, -0.25) is 9.48 Å². The van der Waals surface area contributed by atoms with Crippen molar-refractivity contribution in [3.8, 4) is 0 Å². The Balaban J connectivity index is 2.49. The van der Waals surface area contributed by atoms with Crippen molar-refractivity contribution in [2.24, 2.45) is 0 Å². The van der Waals surface area contributed by atoms with Crippen molar-refractivity contribution in [1.82, 2.24) is 9.36 Å². The fourth-order valence-corrected chi connectivity index (χ4v) is 2.66. The zero-order valence-electron chi connectivity index (χ0n) is 11.6. The molecule has 2 N–H and O–H groups in total. The Labute approximate surface area is 126 Å². The summed E-state index contributed by atoms with van der Waals surface area (Å²) in [5.74, 6) is 0. The van der Waals surface area contributed by atoms with Crippen molar-refractivity contribution in [3.05, 3.63) is 50.3 Å². The SMILES string of the molecule is CCn1c(COC)c(N)c(=O)n1Cc1ccccc1Br. The van der Waals surface area contributed by atoms with Crippen molar-refractivity contribution in [2.75, 3.05) is 12.8 Å². The van der Waals surface area contributed by atoms with Gasteiger partial charge in [0, 0.05) is 18.1 Å². The number of nitrogen functional groups attached to an aromatic ring is 1. The number of methoxy groups -OCH3 is 1. The van der Waals surface area contributed by atoms with Gasteiger partial charge in [-0.1, -0.05) is 34.1 Å². The van der Waals surface area contributed by atoms with Gasteiger partial charge in [-0.2, -0.15) is 0 Å². The van der Waals surface area contributed by atoms with Crippen molar-refractivity contribution in [2.45, 2.75) is 26.6 Å². The van der Waals surface area contributed by atoms with Gasteiger partial charge in [0.15, 0.2) is 0 Å². The average Bonchev–Trinajstić information content (AvgIpc) is 2.67. The first-order chi connectivity index (χ1) is 9.60. The molecule has 0 aliphatic rings. The molecule has 2 rings (SSSR count). The maximum Gasteiger partial charge on any atom is 0.290 e. The molecule has 5 nitrogen and oxygen atoms in total. The van der Waals surface area contributed by atoms with Crippen LogP contribution >= 0.6 is 15.9 Å². The first-order valence-corrected chi connectivity index (χ1v) is 7.19. The van der Waals surface area contributed by atoms with Gasteiger partial charge in [0.2, 0.25) is 0 Å². The molecule has 0 aliphatic heterocycles. The van der Waals surface area contributed by atoms with Crippen molar-refractivity contribution in [1.29, 1.82) is 0 Å². The Morgan fingerprint density at radius 3 is 2.60 bits per heavy atom. The predicted octanol–water partition coefficient (Wildman–Crippen LogP) is 2.21. The molecule has 1 aromatic heterocycles. The molecule has 0 aliphatic carbocycles. The standard InChI is InChI=1S/C14H18BrN3O2/c1-3-17-12(9-20-2)13(16)14(19)18(17)8-10-6-4-5-7-11(10)15/h4-7H,3,8-9,16H2,1-2H3. The number of nitrogens with two attached hydrogens (primary N) is 1. The van der Waals surface area contributed by atoms with Gasteiger partial charge in [0.05, 0.1) is 18.8 Å². The topological polar surface area (TPSA) is 62.2 Å². The summed E-state index contributed by atoms with van der Waals surface area (Å²) in [5.41, 5.74) is 7.77. The second-order valence-electron chi connectivity index (χ2n) is 4.46. The average molecular weight is 340 g/mol. The van der Waals surface area contributed by atoms with Gasteiger partial charge in [-0.15, -0.1) is 0 Å². The Morgan fingerprint density at radius 2 is 2.00 bits per heavy atom. The highest BCUT2D eigenvalue weighted by molar-refractivity contribution is 9.10.